The summed E-state index contributed by atoms with van der Waals surface area (Å²) in [5.41, 5.74) is -0.620. The summed E-state index contributed by atoms with van der Waals surface area (Å²) in [6.07, 6.45) is 3.08. The van der Waals surface area contributed by atoms with Gasteiger partial charge in [-0.25, -0.2) is 13.2 Å². The van der Waals surface area contributed by atoms with Gasteiger partial charge in [-0.15, -0.1) is 0 Å². The second kappa shape index (κ2) is 7.67. The molecular formula is C18H27N5O4S. The van der Waals surface area contributed by atoms with E-state index in [0.717, 1.165) is 0 Å². The summed E-state index contributed by atoms with van der Waals surface area (Å²) in [5, 5.41) is 0. The fraction of sp³-hybridized carbons (Fsp3) is 0.611. The lowest BCUT2D eigenvalue weighted by molar-refractivity contribution is -0.127. The second-order valence-corrected chi connectivity index (χ2v) is 9.65. The minimum absolute atomic E-state index is 0.000350. The zero-order valence-electron chi connectivity index (χ0n) is 16.5. The number of pyridine rings is 1. The van der Waals surface area contributed by atoms with Gasteiger partial charge in [0.2, 0.25) is 15.9 Å². The predicted molar refractivity (Wildman–Crippen MR) is 103 cm³/mol. The van der Waals surface area contributed by atoms with Crippen molar-refractivity contribution in [1.82, 2.24) is 24.0 Å². The van der Waals surface area contributed by atoms with Crippen LogP contribution in [0.25, 0.3) is 0 Å². The minimum Gasteiger partial charge on any atom is -0.342 e. The lowest BCUT2D eigenvalue weighted by Gasteiger charge is -2.34. The SMILES string of the molecule is CCN1CC2(CC1=O)CN(C(=O)N(C)C)CCN(S(=O)(=O)c1cccnc1)C2. The largest absolute Gasteiger partial charge is 0.342 e. The maximum atomic E-state index is 13.2. The Morgan fingerprint density at radius 1 is 1.25 bits per heavy atom. The van der Waals surface area contributed by atoms with Crippen LogP contribution >= 0.6 is 0 Å². The Kier molecular flexibility index (Phi) is 5.62. The van der Waals surface area contributed by atoms with E-state index in [9.17, 15) is 18.0 Å². The lowest BCUT2D eigenvalue weighted by atomic mass is 9.86. The first kappa shape index (κ1) is 20.5. The van der Waals surface area contributed by atoms with Gasteiger partial charge in [0.1, 0.15) is 4.90 Å². The van der Waals surface area contributed by atoms with Crippen molar-refractivity contribution in [2.45, 2.75) is 18.2 Å². The Labute approximate surface area is 166 Å². The Morgan fingerprint density at radius 3 is 2.57 bits per heavy atom. The quantitative estimate of drug-likeness (QED) is 0.716. The van der Waals surface area contributed by atoms with E-state index in [0.29, 0.717) is 19.6 Å². The van der Waals surface area contributed by atoms with E-state index in [-0.39, 0.29) is 42.9 Å². The molecule has 2 aliphatic rings. The van der Waals surface area contributed by atoms with Crippen LogP contribution in [0, 0.1) is 5.41 Å². The average Bonchev–Trinajstić information content (AvgIpc) is 2.85. The molecule has 154 valence electrons. The third-order valence-electron chi connectivity index (χ3n) is 5.37. The Bertz CT molecular complexity index is 845. The molecule has 0 N–H and O–H groups in total. The molecule has 3 rings (SSSR count). The van der Waals surface area contributed by atoms with Crippen LogP contribution in [-0.4, -0.2) is 97.7 Å². The molecule has 9 nitrogen and oxygen atoms in total. The van der Waals surface area contributed by atoms with E-state index >= 15 is 0 Å². The average molecular weight is 410 g/mol. The number of urea groups is 1. The van der Waals surface area contributed by atoms with Gasteiger partial charge < -0.3 is 14.7 Å². The molecule has 0 bridgehead atoms. The van der Waals surface area contributed by atoms with Crippen LogP contribution in [0.15, 0.2) is 29.4 Å². The maximum absolute atomic E-state index is 13.2. The van der Waals surface area contributed by atoms with Crippen LogP contribution in [-0.2, 0) is 14.8 Å². The molecule has 2 fully saturated rings. The number of rotatable bonds is 3. The van der Waals surface area contributed by atoms with Crippen molar-refractivity contribution < 1.29 is 18.0 Å². The van der Waals surface area contributed by atoms with Gasteiger partial charge in [0.15, 0.2) is 0 Å². The molecule has 0 aromatic carbocycles. The molecule has 1 aromatic rings. The zero-order valence-corrected chi connectivity index (χ0v) is 17.4. The number of aromatic nitrogens is 1. The highest BCUT2D eigenvalue weighted by molar-refractivity contribution is 7.89. The van der Waals surface area contributed by atoms with Crippen molar-refractivity contribution in [2.75, 3.05) is 53.4 Å². The monoisotopic (exact) mass is 409 g/mol. The van der Waals surface area contributed by atoms with Crippen LogP contribution in [0.4, 0.5) is 4.79 Å². The molecule has 28 heavy (non-hydrogen) atoms. The maximum Gasteiger partial charge on any atom is 0.319 e. The highest BCUT2D eigenvalue weighted by Gasteiger charge is 2.49. The minimum atomic E-state index is -3.77. The van der Waals surface area contributed by atoms with Gasteiger partial charge in [0, 0.05) is 77.6 Å². The van der Waals surface area contributed by atoms with Gasteiger partial charge >= 0.3 is 6.03 Å². The van der Waals surface area contributed by atoms with Crippen molar-refractivity contribution in [2.24, 2.45) is 5.41 Å². The van der Waals surface area contributed by atoms with E-state index in [1.165, 1.54) is 27.7 Å². The molecule has 1 atom stereocenters. The van der Waals surface area contributed by atoms with Gasteiger partial charge in [-0.05, 0) is 19.1 Å². The summed E-state index contributed by atoms with van der Waals surface area (Å²) in [4.78, 5) is 34.0. The van der Waals surface area contributed by atoms with Gasteiger partial charge in [-0.2, -0.15) is 4.31 Å². The van der Waals surface area contributed by atoms with Crippen LogP contribution in [0.1, 0.15) is 13.3 Å². The number of nitrogens with zero attached hydrogens (tertiary/aromatic N) is 5. The summed E-state index contributed by atoms with van der Waals surface area (Å²) in [6.45, 7) is 3.92. The number of hydrogen-bond donors (Lipinski definition) is 0. The van der Waals surface area contributed by atoms with Gasteiger partial charge in [0.25, 0.3) is 0 Å². The smallest absolute Gasteiger partial charge is 0.319 e. The molecule has 2 aliphatic heterocycles. The molecule has 3 heterocycles. The second-order valence-electron chi connectivity index (χ2n) is 7.71. The van der Waals surface area contributed by atoms with Gasteiger partial charge in [0.05, 0.1) is 0 Å². The number of carbonyl (C=O) groups is 2. The summed E-state index contributed by atoms with van der Waals surface area (Å²) in [7, 11) is -0.433. The fourth-order valence-corrected chi connectivity index (χ4v) is 5.51. The van der Waals surface area contributed by atoms with Gasteiger partial charge in [-0.3, -0.25) is 9.78 Å². The molecule has 1 spiro atoms. The molecule has 0 radical (unpaired) electrons. The van der Waals surface area contributed by atoms with Crippen LogP contribution in [0.5, 0.6) is 0 Å². The number of sulfonamides is 1. The fourth-order valence-electron chi connectivity index (χ4n) is 4.00. The van der Waals surface area contributed by atoms with E-state index in [4.69, 9.17) is 0 Å². The third kappa shape index (κ3) is 3.83. The first-order chi connectivity index (χ1) is 13.2. The van der Waals surface area contributed by atoms with E-state index < -0.39 is 15.4 Å². The van der Waals surface area contributed by atoms with Crippen LogP contribution in [0.2, 0.25) is 0 Å². The number of likely N-dealkylation sites (tertiary alicyclic amines) is 1. The van der Waals surface area contributed by atoms with Crippen molar-refractivity contribution in [3.8, 4) is 0 Å². The molecular weight excluding hydrogens is 382 g/mol. The first-order valence-electron chi connectivity index (χ1n) is 9.33. The summed E-state index contributed by atoms with van der Waals surface area (Å²) >= 11 is 0. The normalized spacial score (nSPS) is 23.9. The van der Waals surface area contributed by atoms with Crippen molar-refractivity contribution in [1.29, 1.82) is 0 Å². The third-order valence-corrected chi connectivity index (χ3v) is 7.20. The lowest BCUT2D eigenvalue weighted by Crippen LogP contribution is -2.47. The topological polar surface area (TPSA) is 94.1 Å². The summed E-state index contributed by atoms with van der Waals surface area (Å²) < 4.78 is 27.8. The first-order valence-corrected chi connectivity index (χ1v) is 10.8. The Morgan fingerprint density at radius 2 is 2.00 bits per heavy atom. The van der Waals surface area contributed by atoms with Crippen molar-refractivity contribution >= 4 is 22.0 Å². The molecule has 10 heteroatoms. The molecule has 0 saturated carbocycles. The Balaban J connectivity index is 1.96. The van der Waals surface area contributed by atoms with E-state index in [1.807, 2.05) is 6.92 Å². The molecule has 1 aromatic heterocycles. The zero-order chi connectivity index (χ0) is 20.5. The molecule has 0 aliphatic carbocycles. The van der Waals surface area contributed by atoms with E-state index in [1.54, 1.807) is 30.0 Å². The van der Waals surface area contributed by atoms with Crippen LogP contribution < -0.4 is 0 Å². The standard InChI is InChI=1S/C18H27N5O4S/c1-4-21-12-18(10-16(21)24)13-22(17(25)20(2)3)8-9-23(14-18)28(26,27)15-6-5-7-19-11-15/h5-7,11H,4,8-10,12-14H2,1-3H3. The molecule has 2 saturated heterocycles. The Hall–Kier alpha value is -2.20. The predicted octanol–water partition coefficient (Wildman–Crippen LogP) is 0.308. The van der Waals surface area contributed by atoms with Crippen molar-refractivity contribution in [3.05, 3.63) is 24.5 Å². The molecule has 3 amide bonds. The van der Waals surface area contributed by atoms with Crippen LogP contribution in [0.3, 0.4) is 0 Å². The number of amides is 3. The van der Waals surface area contributed by atoms with E-state index in [2.05, 4.69) is 4.98 Å². The van der Waals surface area contributed by atoms with Gasteiger partial charge in [-0.1, -0.05) is 0 Å². The summed E-state index contributed by atoms with van der Waals surface area (Å²) in [5.74, 6) is 0.000350. The summed E-state index contributed by atoms with van der Waals surface area (Å²) in [6, 6.07) is 2.92. The van der Waals surface area contributed by atoms with Crippen molar-refractivity contribution in [3.63, 3.8) is 0 Å². The molecule has 1 unspecified atom stereocenters. The highest BCUT2D eigenvalue weighted by atomic mass is 32.2. The number of carbonyl (C=O) groups excluding carboxylic acids is 2. The number of hydrogen-bond acceptors (Lipinski definition) is 5. The highest BCUT2D eigenvalue weighted by Crippen LogP contribution is 2.36.